The first-order chi connectivity index (χ1) is 8.19. The van der Waals surface area contributed by atoms with E-state index in [0.29, 0.717) is 0 Å². The summed E-state index contributed by atoms with van der Waals surface area (Å²) in [5.41, 5.74) is 8.54. The molecule has 1 aromatic rings. The number of hydrogen-bond acceptors (Lipinski definition) is 2. The quantitative estimate of drug-likeness (QED) is 0.726. The van der Waals surface area contributed by atoms with Gasteiger partial charge < -0.3 is 10.5 Å². The van der Waals surface area contributed by atoms with Crippen molar-refractivity contribution in [2.45, 2.75) is 52.0 Å². The van der Waals surface area contributed by atoms with Crippen molar-refractivity contribution in [1.29, 1.82) is 0 Å². The van der Waals surface area contributed by atoms with Gasteiger partial charge >= 0.3 is 0 Å². The highest BCUT2D eigenvalue weighted by atomic mass is 16.5. The summed E-state index contributed by atoms with van der Waals surface area (Å²) in [6.45, 7) is 4.28. The molecule has 0 amide bonds. The predicted octanol–water partition coefficient (Wildman–Crippen LogP) is 3.97. The minimum Gasteiger partial charge on any atom is -0.496 e. The molecule has 2 heteroatoms. The van der Waals surface area contributed by atoms with Crippen LogP contribution < -0.4 is 10.5 Å². The van der Waals surface area contributed by atoms with Crippen LogP contribution >= 0.6 is 0 Å². The van der Waals surface area contributed by atoms with Crippen molar-refractivity contribution < 1.29 is 4.74 Å². The normalized spacial score (nSPS) is 12.5. The van der Waals surface area contributed by atoms with Crippen molar-refractivity contribution in [3.63, 3.8) is 0 Å². The van der Waals surface area contributed by atoms with Gasteiger partial charge in [-0.2, -0.15) is 0 Å². The van der Waals surface area contributed by atoms with Crippen LogP contribution in [-0.2, 0) is 0 Å². The maximum Gasteiger partial charge on any atom is 0.122 e. The third-order valence-corrected chi connectivity index (χ3v) is 3.23. The van der Waals surface area contributed by atoms with Crippen LogP contribution in [0.3, 0.4) is 0 Å². The Kier molecular flexibility index (Phi) is 6.06. The Morgan fingerprint density at radius 3 is 2.65 bits per heavy atom. The zero-order chi connectivity index (χ0) is 12.7. The van der Waals surface area contributed by atoms with E-state index in [0.717, 1.165) is 17.7 Å². The molecular weight excluding hydrogens is 210 g/mol. The number of unbranched alkanes of at least 4 members (excludes halogenated alkanes) is 3. The van der Waals surface area contributed by atoms with Gasteiger partial charge in [-0.05, 0) is 30.5 Å². The summed E-state index contributed by atoms with van der Waals surface area (Å²) in [4.78, 5) is 0. The fourth-order valence-electron chi connectivity index (χ4n) is 2.02. The molecule has 0 saturated heterocycles. The van der Waals surface area contributed by atoms with E-state index in [1.54, 1.807) is 7.11 Å². The lowest BCUT2D eigenvalue weighted by Crippen LogP contribution is -2.10. The fourth-order valence-corrected chi connectivity index (χ4v) is 2.02. The second kappa shape index (κ2) is 7.33. The van der Waals surface area contributed by atoms with Crippen LogP contribution in [0.25, 0.3) is 0 Å². The van der Waals surface area contributed by atoms with Crippen LogP contribution in [0, 0.1) is 6.92 Å². The van der Waals surface area contributed by atoms with Gasteiger partial charge in [0.1, 0.15) is 5.75 Å². The Balaban J connectivity index is 2.53. The van der Waals surface area contributed by atoms with Gasteiger partial charge in [0, 0.05) is 6.04 Å². The average Bonchev–Trinajstić information content (AvgIpc) is 2.35. The molecule has 0 aliphatic rings. The van der Waals surface area contributed by atoms with Crippen molar-refractivity contribution in [2.75, 3.05) is 7.11 Å². The lowest BCUT2D eigenvalue weighted by molar-refractivity contribution is 0.410. The Morgan fingerprint density at radius 1 is 1.24 bits per heavy atom. The minimum atomic E-state index is 0.140. The summed E-state index contributed by atoms with van der Waals surface area (Å²) in [6.07, 6.45) is 6.14. The molecule has 0 spiro atoms. The first-order valence-corrected chi connectivity index (χ1v) is 6.59. The second-order valence-electron chi connectivity index (χ2n) is 4.68. The second-order valence-corrected chi connectivity index (χ2v) is 4.68. The molecule has 1 aromatic carbocycles. The first kappa shape index (κ1) is 14.0. The SMILES string of the molecule is CCCCCCC(N)c1ccc(C)c(OC)c1. The molecule has 0 saturated carbocycles. The molecular formula is C15H25NO. The molecule has 0 fully saturated rings. The zero-order valence-electron chi connectivity index (χ0n) is 11.3. The topological polar surface area (TPSA) is 35.2 Å². The first-order valence-electron chi connectivity index (χ1n) is 6.59. The lowest BCUT2D eigenvalue weighted by atomic mass is 9.99. The minimum absolute atomic E-state index is 0.140. The molecule has 2 N–H and O–H groups in total. The van der Waals surface area contributed by atoms with E-state index < -0.39 is 0 Å². The lowest BCUT2D eigenvalue weighted by Gasteiger charge is -2.14. The molecule has 17 heavy (non-hydrogen) atoms. The molecule has 0 heterocycles. The Labute approximate surface area is 105 Å². The van der Waals surface area contributed by atoms with Crippen molar-refractivity contribution in [3.05, 3.63) is 29.3 Å². The third-order valence-electron chi connectivity index (χ3n) is 3.23. The molecule has 1 unspecified atom stereocenters. The van der Waals surface area contributed by atoms with E-state index in [-0.39, 0.29) is 6.04 Å². The number of benzene rings is 1. The highest BCUT2D eigenvalue weighted by Crippen LogP contribution is 2.24. The molecule has 0 aliphatic heterocycles. The highest BCUT2D eigenvalue weighted by Gasteiger charge is 2.08. The molecule has 0 radical (unpaired) electrons. The summed E-state index contributed by atoms with van der Waals surface area (Å²) in [5, 5.41) is 0. The molecule has 96 valence electrons. The van der Waals surface area contributed by atoms with Gasteiger partial charge in [0.2, 0.25) is 0 Å². The van der Waals surface area contributed by atoms with E-state index in [2.05, 4.69) is 32.0 Å². The Morgan fingerprint density at radius 2 is 2.00 bits per heavy atom. The summed E-state index contributed by atoms with van der Waals surface area (Å²) in [7, 11) is 1.71. The predicted molar refractivity (Wildman–Crippen MR) is 73.4 cm³/mol. The number of ether oxygens (including phenoxy) is 1. The summed E-state index contributed by atoms with van der Waals surface area (Å²) in [6, 6.07) is 6.41. The van der Waals surface area contributed by atoms with E-state index in [1.807, 2.05) is 0 Å². The maximum atomic E-state index is 6.20. The molecule has 1 rings (SSSR count). The van der Waals surface area contributed by atoms with Crippen molar-refractivity contribution in [2.24, 2.45) is 5.73 Å². The van der Waals surface area contributed by atoms with Crippen LogP contribution in [-0.4, -0.2) is 7.11 Å². The van der Waals surface area contributed by atoms with Crippen molar-refractivity contribution >= 4 is 0 Å². The van der Waals surface area contributed by atoms with E-state index in [1.165, 1.54) is 31.2 Å². The summed E-state index contributed by atoms with van der Waals surface area (Å²) in [5.74, 6) is 0.937. The molecule has 1 atom stereocenters. The largest absolute Gasteiger partial charge is 0.496 e. The van der Waals surface area contributed by atoms with Gasteiger partial charge in [0.15, 0.2) is 0 Å². The van der Waals surface area contributed by atoms with Crippen LogP contribution in [0.1, 0.15) is 56.2 Å². The number of rotatable bonds is 7. The van der Waals surface area contributed by atoms with Crippen LogP contribution in [0.4, 0.5) is 0 Å². The number of methoxy groups -OCH3 is 1. The average molecular weight is 235 g/mol. The summed E-state index contributed by atoms with van der Waals surface area (Å²) < 4.78 is 5.32. The fraction of sp³-hybridized carbons (Fsp3) is 0.600. The molecule has 2 nitrogen and oxygen atoms in total. The molecule has 0 bridgehead atoms. The van der Waals surface area contributed by atoms with Crippen LogP contribution in [0.15, 0.2) is 18.2 Å². The van der Waals surface area contributed by atoms with Crippen LogP contribution in [0.2, 0.25) is 0 Å². The molecule has 0 aliphatic carbocycles. The number of aryl methyl sites for hydroxylation is 1. The standard InChI is InChI=1S/C15H25NO/c1-4-5-6-7-8-14(16)13-10-9-12(2)15(11-13)17-3/h9-11,14H,4-8,16H2,1-3H3. The Hall–Kier alpha value is -1.02. The zero-order valence-corrected chi connectivity index (χ0v) is 11.3. The molecule has 0 aromatic heterocycles. The van der Waals surface area contributed by atoms with Gasteiger partial charge in [-0.15, -0.1) is 0 Å². The van der Waals surface area contributed by atoms with E-state index >= 15 is 0 Å². The van der Waals surface area contributed by atoms with Crippen molar-refractivity contribution in [1.82, 2.24) is 0 Å². The highest BCUT2D eigenvalue weighted by molar-refractivity contribution is 5.37. The van der Waals surface area contributed by atoms with Gasteiger partial charge in [0.05, 0.1) is 7.11 Å². The van der Waals surface area contributed by atoms with E-state index in [9.17, 15) is 0 Å². The monoisotopic (exact) mass is 235 g/mol. The van der Waals surface area contributed by atoms with Crippen LogP contribution in [0.5, 0.6) is 5.75 Å². The smallest absolute Gasteiger partial charge is 0.122 e. The maximum absolute atomic E-state index is 6.20. The number of hydrogen-bond donors (Lipinski definition) is 1. The van der Waals surface area contributed by atoms with Gasteiger partial charge in [-0.3, -0.25) is 0 Å². The number of nitrogens with two attached hydrogens (primary N) is 1. The Bertz CT molecular complexity index is 336. The van der Waals surface area contributed by atoms with Gasteiger partial charge in [-0.1, -0.05) is 44.7 Å². The summed E-state index contributed by atoms with van der Waals surface area (Å²) >= 11 is 0. The van der Waals surface area contributed by atoms with Gasteiger partial charge in [-0.25, -0.2) is 0 Å². The van der Waals surface area contributed by atoms with E-state index in [4.69, 9.17) is 10.5 Å². The third kappa shape index (κ3) is 4.39. The van der Waals surface area contributed by atoms with Gasteiger partial charge in [0.25, 0.3) is 0 Å². The van der Waals surface area contributed by atoms with Crippen molar-refractivity contribution in [3.8, 4) is 5.75 Å².